The summed E-state index contributed by atoms with van der Waals surface area (Å²) >= 11 is 0. The zero-order valence-corrected chi connectivity index (χ0v) is 21.9. The highest BCUT2D eigenvalue weighted by molar-refractivity contribution is 5.78. The van der Waals surface area contributed by atoms with Crippen LogP contribution in [0.4, 0.5) is 0 Å². The zero-order valence-electron chi connectivity index (χ0n) is 21.9. The van der Waals surface area contributed by atoms with Gasteiger partial charge in [0.2, 0.25) is 17.7 Å². The molecule has 0 aliphatic carbocycles. The van der Waals surface area contributed by atoms with Gasteiger partial charge in [-0.1, -0.05) is 25.1 Å². The van der Waals surface area contributed by atoms with Crippen LogP contribution in [-0.4, -0.2) is 72.2 Å². The Hall–Kier alpha value is -3.14. The van der Waals surface area contributed by atoms with E-state index in [9.17, 15) is 9.59 Å². The van der Waals surface area contributed by atoms with Crippen molar-refractivity contribution in [1.82, 2.24) is 25.3 Å². The van der Waals surface area contributed by atoms with Crippen molar-refractivity contribution in [2.45, 2.75) is 52.6 Å². The number of aryl methyl sites for hydroxylation is 1. The predicted octanol–water partition coefficient (Wildman–Crippen LogP) is 2.72. The minimum atomic E-state index is -0.120. The number of carbonyl (C=O) groups is 2. The molecule has 36 heavy (non-hydrogen) atoms. The maximum absolute atomic E-state index is 13.0. The molecule has 3 heterocycles. The van der Waals surface area contributed by atoms with E-state index < -0.39 is 0 Å². The van der Waals surface area contributed by atoms with Gasteiger partial charge in [0.1, 0.15) is 0 Å². The molecule has 196 valence electrons. The van der Waals surface area contributed by atoms with E-state index in [-0.39, 0.29) is 35.7 Å². The topological polar surface area (TPSA) is 110 Å². The van der Waals surface area contributed by atoms with Crippen molar-refractivity contribution < 1.29 is 23.6 Å². The quantitative estimate of drug-likeness (QED) is 0.590. The molecule has 2 aliphatic heterocycles. The Morgan fingerprint density at radius 2 is 1.92 bits per heavy atom. The average Bonchev–Trinajstić information content (AvgIpc) is 3.45. The van der Waals surface area contributed by atoms with E-state index in [0.29, 0.717) is 29.8 Å². The van der Waals surface area contributed by atoms with Crippen LogP contribution in [0.15, 0.2) is 22.7 Å². The minimum absolute atomic E-state index is 0.00242. The number of hydrogen-bond acceptors (Lipinski definition) is 8. The molecule has 2 saturated heterocycles. The summed E-state index contributed by atoms with van der Waals surface area (Å²) in [5, 5.41) is 7.00. The SMILES string of the molecule is COc1ccc(CNC(=O)CN2CC3(CCN(C(=O)C(C)C)CC3)CC2c2nc(C)no2)cc1OC. The van der Waals surface area contributed by atoms with Gasteiger partial charge in [0.25, 0.3) is 0 Å². The fourth-order valence-corrected chi connectivity index (χ4v) is 5.36. The molecule has 1 N–H and O–H groups in total. The van der Waals surface area contributed by atoms with Gasteiger partial charge >= 0.3 is 0 Å². The second kappa shape index (κ2) is 10.9. The minimum Gasteiger partial charge on any atom is -0.493 e. The highest BCUT2D eigenvalue weighted by Gasteiger charge is 2.48. The maximum atomic E-state index is 13.0. The number of nitrogens with zero attached hydrogens (tertiary/aromatic N) is 4. The number of piperidine rings is 1. The van der Waals surface area contributed by atoms with Crippen molar-refractivity contribution in [1.29, 1.82) is 0 Å². The molecular weight excluding hydrogens is 462 g/mol. The second-order valence-electron chi connectivity index (χ2n) is 10.3. The normalized spacial score (nSPS) is 19.6. The Kier molecular flexibility index (Phi) is 7.82. The molecule has 1 unspecified atom stereocenters. The lowest BCUT2D eigenvalue weighted by Gasteiger charge is -2.40. The van der Waals surface area contributed by atoms with Crippen LogP contribution in [-0.2, 0) is 16.1 Å². The van der Waals surface area contributed by atoms with Crippen LogP contribution >= 0.6 is 0 Å². The van der Waals surface area contributed by atoms with E-state index in [1.165, 1.54) is 0 Å². The summed E-state index contributed by atoms with van der Waals surface area (Å²) in [6, 6.07) is 5.48. The molecule has 4 rings (SSSR count). The lowest BCUT2D eigenvalue weighted by atomic mass is 9.76. The van der Waals surface area contributed by atoms with E-state index in [1.54, 1.807) is 21.1 Å². The molecule has 0 bridgehead atoms. The molecule has 2 aliphatic rings. The van der Waals surface area contributed by atoms with Gasteiger partial charge in [0, 0.05) is 32.1 Å². The monoisotopic (exact) mass is 499 g/mol. The number of likely N-dealkylation sites (tertiary alicyclic amines) is 2. The van der Waals surface area contributed by atoms with Gasteiger partial charge < -0.3 is 24.2 Å². The Morgan fingerprint density at radius 1 is 1.19 bits per heavy atom. The molecule has 2 aromatic rings. The highest BCUT2D eigenvalue weighted by Crippen LogP contribution is 2.48. The lowest BCUT2D eigenvalue weighted by molar-refractivity contribution is -0.136. The third kappa shape index (κ3) is 5.64. The van der Waals surface area contributed by atoms with Crippen molar-refractivity contribution in [3.8, 4) is 11.5 Å². The number of ether oxygens (including phenoxy) is 2. The summed E-state index contributed by atoms with van der Waals surface area (Å²) < 4.78 is 16.2. The second-order valence-corrected chi connectivity index (χ2v) is 10.3. The number of methoxy groups -OCH3 is 2. The summed E-state index contributed by atoms with van der Waals surface area (Å²) in [5.74, 6) is 2.55. The van der Waals surface area contributed by atoms with Gasteiger partial charge in [0.05, 0.1) is 26.8 Å². The van der Waals surface area contributed by atoms with Crippen LogP contribution in [0.2, 0.25) is 0 Å². The van der Waals surface area contributed by atoms with Crippen LogP contribution in [0.25, 0.3) is 0 Å². The van der Waals surface area contributed by atoms with E-state index in [1.807, 2.05) is 36.9 Å². The van der Waals surface area contributed by atoms with Crippen molar-refractivity contribution in [3.63, 3.8) is 0 Å². The van der Waals surface area contributed by atoms with E-state index in [0.717, 1.165) is 44.5 Å². The van der Waals surface area contributed by atoms with Crippen molar-refractivity contribution in [3.05, 3.63) is 35.5 Å². The molecule has 10 heteroatoms. The lowest BCUT2D eigenvalue weighted by Crippen LogP contribution is -2.46. The average molecular weight is 500 g/mol. The number of carbonyl (C=O) groups excluding carboxylic acids is 2. The molecule has 2 fully saturated rings. The first-order valence-electron chi connectivity index (χ1n) is 12.5. The fourth-order valence-electron chi connectivity index (χ4n) is 5.36. The first-order chi connectivity index (χ1) is 17.2. The summed E-state index contributed by atoms with van der Waals surface area (Å²) in [5.41, 5.74) is 0.940. The zero-order chi connectivity index (χ0) is 25.9. The van der Waals surface area contributed by atoms with Crippen molar-refractivity contribution in [2.24, 2.45) is 11.3 Å². The van der Waals surface area contributed by atoms with Gasteiger partial charge in [-0.2, -0.15) is 4.98 Å². The molecule has 1 spiro atoms. The maximum Gasteiger partial charge on any atom is 0.244 e. The smallest absolute Gasteiger partial charge is 0.244 e. The first-order valence-corrected chi connectivity index (χ1v) is 12.5. The van der Waals surface area contributed by atoms with E-state index in [4.69, 9.17) is 14.0 Å². The van der Waals surface area contributed by atoms with Gasteiger partial charge in [-0.15, -0.1) is 0 Å². The number of hydrogen-bond donors (Lipinski definition) is 1. The van der Waals surface area contributed by atoms with E-state index >= 15 is 0 Å². The molecule has 0 radical (unpaired) electrons. The van der Waals surface area contributed by atoms with Crippen molar-refractivity contribution >= 4 is 11.8 Å². The molecule has 0 saturated carbocycles. The van der Waals surface area contributed by atoms with Crippen LogP contribution in [0.3, 0.4) is 0 Å². The largest absolute Gasteiger partial charge is 0.493 e. The Balaban J connectivity index is 1.42. The van der Waals surface area contributed by atoms with Gasteiger partial charge in [-0.05, 0) is 49.3 Å². The summed E-state index contributed by atoms with van der Waals surface area (Å²) in [7, 11) is 3.18. The van der Waals surface area contributed by atoms with Crippen molar-refractivity contribution in [2.75, 3.05) is 40.4 Å². The Labute approximate surface area is 212 Å². The molecule has 1 aromatic carbocycles. The number of rotatable bonds is 8. The Bertz CT molecular complexity index is 1080. The molecule has 10 nitrogen and oxygen atoms in total. The Morgan fingerprint density at radius 3 is 2.53 bits per heavy atom. The van der Waals surface area contributed by atoms with Crippen LogP contribution in [0.1, 0.15) is 56.4 Å². The number of aromatic nitrogens is 2. The van der Waals surface area contributed by atoms with Crippen LogP contribution in [0.5, 0.6) is 11.5 Å². The molecule has 2 amide bonds. The highest BCUT2D eigenvalue weighted by atomic mass is 16.5. The van der Waals surface area contributed by atoms with E-state index in [2.05, 4.69) is 20.4 Å². The number of amides is 2. The first kappa shape index (κ1) is 25.9. The van der Waals surface area contributed by atoms with Gasteiger partial charge in [-0.25, -0.2) is 0 Å². The third-order valence-corrected chi connectivity index (χ3v) is 7.35. The standard InChI is InChI=1S/C26H37N5O5/c1-17(2)25(33)30-10-8-26(9-11-30)13-20(24-28-18(3)29-36-24)31(16-26)15-23(32)27-14-19-6-7-21(34-4)22(12-19)35-5/h6-7,12,17,20H,8-11,13-16H2,1-5H3,(H,27,32). The molecular formula is C26H37N5O5. The summed E-state index contributed by atoms with van der Waals surface area (Å²) in [4.78, 5) is 34.1. The van der Waals surface area contributed by atoms with Gasteiger partial charge in [0.15, 0.2) is 17.3 Å². The number of benzene rings is 1. The van der Waals surface area contributed by atoms with Crippen LogP contribution < -0.4 is 14.8 Å². The summed E-state index contributed by atoms with van der Waals surface area (Å²) in [6.07, 6.45) is 2.64. The number of nitrogens with one attached hydrogen (secondary N) is 1. The third-order valence-electron chi connectivity index (χ3n) is 7.35. The molecule has 1 atom stereocenters. The fraction of sp³-hybridized carbons (Fsp3) is 0.615. The molecule has 1 aromatic heterocycles. The van der Waals surface area contributed by atoms with Gasteiger partial charge in [-0.3, -0.25) is 14.5 Å². The van der Waals surface area contributed by atoms with Crippen LogP contribution in [0, 0.1) is 18.3 Å². The predicted molar refractivity (Wildman–Crippen MR) is 132 cm³/mol. The summed E-state index contributed by atoms with van der Waals surface area (Å²) in [6.45, 7) is 8.54.